The fourth-order valence-corrected chi connectivity index (χ4v) is 2.26. The van der Waals surface area contributed by atoms with Gasteiger partial charge in [-0.1, -0.05) is 0 Å². The molecule has 0 amide bonds. The summed E-state index contributed by atoms with van der Waals surface area (Å²) in [6, 6.07) is 0. The first kappa shape index (κ1) is 14.9. The van der Waals surface area contributed by atoms with Crippen LogP contribution in [0.25, 0.3) is 0 Å². The van der Waals surface area contributed by atoms with Crippen molar-refractivity contribution in [3.63, 3.8) is 0 Å². The van der Waals surface area contributed by atoms with Crippen molar-refractivity contribution in [3.8, 4) is 0 Å². The van der Waals surface area contributed by atoms with E-state index < -0.39 is 24.1 Å². The van der Waals surface area contributed by atoms with E-state index in [-0.39, 0.29) is 18.8 Å². The van der Waals surface area contributed by atoms with Crippen molar-refractivity contribution in [2.45, 2.75) is 37.7 Å². The molecule has 1 aromatic heterocycles. The Balaban J connectivity index is 2.25. The highest BCUT2D eigenvalue weighted by Crippen LogP contribution is 2.27. The highest BCUT2D eigenvalue weighted by molar-refractivity contribution is 5.36. The minimum absolute atomic E-state index is 0.192. The van der Waals surface area contributed by atoms with Crippen LogP contribution < -0.4 is 17.2 Å². The van der Waals surface area contributed by atoms with Gasteiger partial charge in [0, 0.05) is 18.2 Å². The van der Waals surface area contributed by atoms with Crippen molar-refractivity contribution in [2.24, 2.45) is 5.73 Å². The lowest BCUT2D eigenvalue weighted by atomic mass is 10.1. The van der Waals surface area contributed by atoms with Gasteiger partial charge in [0.25, 0.3) is 0 Å². The number of hydrogen-bond acceptors (Lipinski definition) is 7. The maximum Gasteiger partial charge on any atom is 0.351 e. The molecule has 0 radical (unpaired) electrons. The summed E-state index contributed by atoms with van der Waals surface area (Å²) in [5.41, 5.74) is 11.4. The largest absolute Gasteiger partial charge is 0.394 e. The van der Waals surface area contributed by atoms with Crippen molar-refractivity contribution in [1.29, 1.82) is 0 Å². The molecule has 0 spiro atoms. The van der Waals surface area contributed by atoms with Crippen LogP contribution in [0.4, 0.5) is 5.82 Å². The van der Waals surface area contributed by atoms with Gasteiger partial charge in [-0.25, -0.2) is 4.79 Å². The zero-order valence-electron chi connectivity index (χ0n) is 11.1. The Morgan fingerprint density at radius 1 is 1.55 bits per heavy atom. The molecule has 2 heterocycles. The quantitative estimate of drug-likeness (QED) is 0.509. The second-order valence-corrected chi connectivity index (χ2v) is 4.85. The summed E-state index contributed by atoms with van der Waals surface area (Å²) in [6.07, 6.45) is 1.05. The summed E-state index contributed by atoms with van der Waals surface area (Å²) in [5.74, 6) is 0.192. The summed E-state index contributed by atoms with van der Waals surface area (Å²) in [5, 5.41) is 18.8. The third-order valence-electron chi connectivity index (χ3n) is 3.41. The van der Waals surface area contributed by atoms with Crippen molar-refractivity contribution in [2.75, 3.05) is 18.9 Å². The van der Waals surface area contributed by atoms with Crippen LogP contribution >= 0.6 is 0 Å². The van der Waals surface area contributed by atoms with Gasteiger partial charge in [0.05, 0.1) is 12.7 Å². The van der Waals surface area contributed by atoms with Gasteiger partial charge in [-0.05, 0) is 19.4 Å². The third kappa shape index (κ3) is 2.98. The van der Waals surface area contributed by atoms with E-state index in [1.165, 1.54) is 4.57 Å². The zero-order chi connectivity index (χ0) is 14.7. The fourth-order valence-electron chi connectivity index (χ4n) is 2.26. The number of nitrogen functional groups attached to an aromatic ring is 1. The summed E-state index contributed by atoms with van der Waals surface area (Å²) >= 11 is 0. The van der Waals surface area contributed by atoms with Crippen LogP contribution in [-0.2, 0) is 11.2 Å². The highest BCUT2D eigenvalue weighted by atomic mass is 16.5. The SMILES string of the molecule is NCCCc1cn([C@H]2C[C@H](O)[C@@H](CO)O2)c(=O)nc1N. The van der Waals surface area contributed by atoms with Gasteiger partial charge in [-0.3, -0.25) is 4.57 Å². The van der Waals surface area contributed by atoms with Gasteiger partial charge in [0.2, 0.25) is 0 Å². The van der Waals surface area contributed by atoms with Gasteiger partial charge >= 0.3 is 5.69 Å². The average molecular weight is 284 g/mol. The molecule has 0 aliphatic carbocycles. The third-order valence-corrected chi connectivity index (χ3v) is 3.41. The molecule has 112 valence electrons. The van der Waals surface area contributed by atoms with E-state index in [0.29, 0.717) is 13.0 Å². The van der Waals surface area contributed by atoms with Gasteiger partial charge in [0.15, 0.2) is 0 Å². The van der Waals surface area contributed by atoms with Gasteiger partial charge in [0.1, 0.15) is 18.1 Å². The molecule has 1 aliphatic rings. The Hall–Kier alpha value is -1.48. The lowest BCUT2D eigenvalue weighted by Gasteiger charge is -2.16. The number of ether oxygens (including phenoxy) is 1. The first-order chi connectivity index (χ1) is 9.56. The molecule has 1 fully saturated rings. The molecule has 8 nitrogen and oxygen atoms in total. The Kier molecular flexibility index (Phi) is 4.71. The van der Waals surface area contributed by atoms with Crippen LogP contribution in [0.2, 0.25) is 0 Å². The molecule has 1 aliphatic heterocycles. The number of nitrogens with two attached hydrogens (primary N) is 2. The number of hydrogen-bond donors (Lipinski definition) is 4. The van der Waals surface area contributed by atoms with Crippen LogP contribution in [0.5, 0.6) is 0 Å². The fraction of sp³-hybridized carbons (Fsp3) is 0.667. The van der Waals surface area contributed by atoms with Gasteiger partial charge in [-0.2, -0.15) is 4.98 Å². The van der Waals surface area contributed by atoms with Crippen molar-refractivity contribution < 1.29 is 14.9 Å². The Labute approximate surface area is 116 Å². The number of rotatable bonds is 5. The first-order valence-corrected chi connectivity index (χ1v) is 6.58. The molecule has 20 heavy (non-hydrogen) atoms. The molecular weight excluding hydrogens is 264 g/mol. The van der Waals surface area contributed by atoms with Crippen LogP contribution in [0.3, 0.4) is 0 Å². The molecule has 0 bridgehead atoms. The van der Waals surface area contributed by atoms with E-state index >= 15 is 0 Å². The molecule has 1 saturated heterocycles. The molecule has 2 rings (SSSR count). The second kappa shape index (κ2) is 6.31. The summed E-state index contributed by atoms with van der Waals surface area (Å²) in [7, 11) is 0. The lowest BCUT2D eigenvalue weighted by molar-refractivity contribution is -0.0459. The van der Waals surface area contributed by atoms with E-state index in [9.17, 15) is 9.90 Å². The van der Waals surface area contributed by atoms with E-state index in [4.69, 9.17) is 21.3 Å². The minimum Gasteiger partial charge on any atom is -0.394 e. The predicted molar refractivity (Wildman–Crippen MR) is 71.9 cm³/mol. The van der Waals surface area contributed by atoms with E-state index in [0.717, 1.165) is 12.0 Å². The molecule has 1 aromatic rings. The number of aromatic nitrogens is 2. The molecule has 6 N–H and O–H groups in total. The molecule has 0 saturated carbocycles. The normalized spacial score (nSPS) is 26.1. The maximum absolute atomic E-state index is 11.9. The number of nitrogens with zero attached hydrogens (tertiary/aromatic N) is 2. The van der Waals surface area contributed by atoms with Gasteiger partial charge < -0.3 is 26.4 Å². The Morgan fingerprint density at radius 2 is 2.30 bits per heavy atom. The van der Waals surface area contributed by atoms with E-state index in [2.05, 4.69) is 4.98 Å². The molecule has 8 heteroatoms. The number of aliphatic hydroxyl groups is 2. The van der Waals surface area contributed by atoms with Crippen LogP contribution in [0.1, 0.15) is 24.6 Å². The van der Waals surface area contributed by atoms with Crippen molar-refractivity contribution in [1.82, 2.24) is 9.55 Å². The maximum atomic E-state index is 11.9. The first-order valence-electron chi connectivity index (χ1n) is 6.58. The lowest BCUT2D eigenvalue weighted by Crippen LogP contribution is -2.29. The summed E-state index contributed by atoms with van der Waals surface area (Å²) in [4.78, 5) is 15.6. The standard InChI is InChI=1S/C12H20N4O4/c13-3-1-2-7-5-16(12(19)15-11(7)14)10-4-8(18)9(6-17)20-10/h5,8-10,17-18H,1-4,6,13H2,(H2,14,15,19)/t8-,9+,10+/m0/s1. The Bertz CT molecular complexity index is 519. The van der Waals surface area contributed by atoms with Crippen LogP contribution in [0, 0.1) is 0 Å². The van der Waals surface area contributed by atoms with Gasteiger partial charge in [-0.15, -0.1) is 0 Å². The van der Waals surface area contributed by atoms with Crippen LogP contribution in [-0.4, -0.2) is 45.1 Å². The van der Waals surface area contributed by atoms with E-state index in [1.54, 1.807) is 6.20 Å². The van der Waals surface area contributed by atoms with Crippen molar-refractivity contribution >= 4 is 5.82 Å². The average Bonchev–Trinajstić information content (AvgIpc) is 2.79. The summed E-state index contributed by atoms with van der Waals surface area (Å²) < 4.78 is 6.75. The smallest absolute Gasteiger partial charge is 0.351 e. The van der Waals surface area contributed by atoms with Crippen LogP contribution in [0.15, 0.2) is 11.0 Å². The number of anilines is 1. The molecule has 0 unspecified atom stereocenters. The topological polar surface area (TPSA) is 137 Å². The monoisotopic (exact) mass is 284 g/mol. The highest BCUT2D eigenvalue weighted by Gasteiger charge is 2.35. The number of aryl methyl sites for hydroxylation is 1. The number of aliphatic hydroxyl groups excluding tert-OH is 2. The zero-order valence-corrected chi connectivity index (χ0v) is 11.1. The molecule has 3 atom stereocenters. The predicted octanol–water partition coefficient (Wildman–Crippen LogP) is -1.64. The van der Waals surface area contributed by atoms with E-state index in [1.807, 2.05) is 0 Å². The molecule has 0 aromatic carbocycles. The Morgan fingerprint density at radius 3 is 2.90 bits per heavy atom. The van der Waals surface area contributed by atoms with Crippen molar-refractivity contribution in [3.05, 3.63) is 22.2 Å². The summed E-state index contributed by atoms with van der Waals surface area (Å²) in [6.45, 7) is 0.221. The molecular formula is C12H20N4O4. The second-order valence-electron chi connectivity index (χ2n) is 4.85. The minimum atomic E-state index is -0.804.